The summed E-state index contributed by atoms with van der Waals surface area (Å²) in [6.07, 6.45) is 3.49. The predicted octanol–water partition coefficient (Wildman–Crippen LogP) is 2.41. The Labute approximate surface area is 123 Å². The van der Waals surface area contributed by atoms with Gasteiger partial charge in [0.2, 0.25) is 5.95 Å². The van der Waals surface area contributed by atoms with Crippen LogP contribution >= 0.6 is 11.8 Å². The number of carbonyl (C=O) groups is 1. The Kier molecular flexibility index (Phi) is 4.91. The summed E-state index contributed by atoms with van der Waals surface area (Å²) in [5, 5.41) is 18.0. The van der Waals surface area contributed by atoms with E-state index in [1.807, 2.05) is 0 Å². The fourth-order valence-electron chi connectivity index (χ4n) is 2.21. The fourth-order valence-corrected chi connectivity index (χ4v) is 3.00. The van der Waals surface area contributed by atoms with Gasteiger partial charge in [0, 0.05) is 18.6 Å². The molecule has 1 aromatic rings. The smallest absolute Gasteiger partial charge is 0.313 e. The van der Waals surface area contributed by atoms with E-state index in [1.165, 1.54) is 24.6 Å². The van der Waals surface area contributed by atoms with Crippen LogP contribution in [0.3, 0.4) is 0 Å². The number of thioether (sulfide) groups is 1. The molecular formula is C13H22N4O2S. The number of nitrogens with zero attached hydrogens (tertiary/aromatic N) is 4. The molecule has 0 unspecified atom stereocenters. The van der Waals surface area contributed by atoms with E-state index < -0.39 is 5.97 Å². The van der Waals surface area contributed by atoms with Crippen LogP contribution in [0.1, 0.15) is 46.1 Å². The van der Waals surface area contributed by atoms with Gasteiger partial charge in [-0.25, -0.2) is 0 Å². The summed E-state index contributed by atoms with van der Waals surface area (Å²) in [4.78, 5) is 13.0. The molecule has 6 nitrogen and oxygen atoms in total. The molecular weight excluding hydrogens is 276 g/mol. The molecule has 1 fully saturated rings. The van der Waals surface area contributed by atoms with E-state index in [2.05, 4.69) is 40.4 Å². The van der Waals surface area contributed by atoms with Gasteiger partial charge in [0.15, 0.2) is 5.16 Å². The van der Waals surface area contributed by atoms with Gasteiger partial charge in [0.05, 0.1) is 5.75 Å². The van der Waals surface area contributed by atoms with Crippen LogP contribution in [-0.4, -0.2) is 44.2 Å². The maximum Gasteiger partial charge on any atom is 0.313 e. The number of rotatable bonds is 8. The van der Waals surface area contributed by atoms with Crippen molar-refractivity contribution in [2.75, 3.05) is 17.2 Å². The van der Waals surface area contributed by atoms with E-state index in [9.17, 15) is 4.79 Å². The number of hydrogen-bond donors (Lipinski definition) is 1. The van der Waals surface area contributed by atoms with Gasteiger partial charge in [0.25, 0.3) is 0 Å². The Morgan fingerprint density at radius 3 is 2.70 bits per heavy atom. The van der Waals surface area contributed by atoms with Crippen molar-refractivity contribution in [1.82, 2.24) is 14.8 Å². The molecule has 0 atom stereocenters. The highest BCUT2D eigenvalue weighted by atomic mass is 32.2. The molecule has 1 aliphatic carbocycles. The Morgan fingerprint density at radius 2 is 2.20 bits per heavy atom. The minimum Gasteiger partial charge on any atom is -0.481 e. The molecule has 0 amide bonds. The van der Waals surface area contributed by atoms with Crippen LogP contribution in [0.5, 0.6) is 0 Å². The van der Waals surface area contributed by atoms with E-state index in [1.54, 1.807) is 0 Å². The van der Waals surface area contributed by atoms with Crippen molar-refractivity contribution in [2.24, 2.45) is 0 Å². The van der Waals surface area contributed by atoms with Gasteiger partial charge >= 0.3 is 5.97 Å². The number of anilines is 1. The first-order valence-electron chi connectivity index (χ1n) is 7.10. The average molecular weight is 298 g/mol. The van der Waals surface area contributed by atoms with E-state index >= 15 is 0 Å². The third kappa shape index (κ3) is 3.45. The van der Waals surface area contributed by atoms with Gasteiger partial charge in [-0.05, 0) is 33.1 Å². The van der Waals surface area contributed by atoms with Crippen molar-refractivity contribution >= 4 is 23.7 Å². The molecule has 0 aliphatic heterocycles. The van der Waals surface area contributed by atoms with E-state index in [0.717, 1.165) is 18.9 Å². The van der Waals surface area contributed by atoms with E-state index in [-0.39, 0.29) is 11.8 Å². The van der Waals surface area contributed by atoms with Crippen LogP contribution in [0.4, 0.5) is 5.95 Å². The lowest BCUT2D eigenvalue weighted by molar-refractivity contribution is -0.133. The summed E-state index contributed by atoms with van der Waals surface area (Å²) in [5.74, 6) is 0.0712. The van der Waals surface area contributed by atoms with Crippen molar-refractivity contribution in [3.8, 4) is 0 Å². The van der Waals surface area contributed by atoms with E-state index in [4.69, 9.17) is 5.11 Å². The normalized spacial score (nSPS) is 14.8. The second-order valence-corrected chi connectivity index (χ2v) is 6.30. The number of hydrogen-bond acceptors (Lipinski definition) is 5. The van der Waals surface area contributed by atoms with Crippen LogP contribution in [-0.2, 0) is 4.79 Å². The Bertz CT molecular complexity index is 471. The fraction of sp³-hybridized carbons (Fsp3) is 0.769. The Hall–Kier alpha value is -1.24. The highest BCUT2D eigenvalue weighted by Gasteiger charge is 2.32. The van der Waals surface area contributed by atoms with Crippen molar-refractivity contribution in [1.29, 1.82) is 0 Å². The molecule has 1 heterocycles. The molecule has 7 heteroatoms. The highest BCUT2D eigenvalue weighted by Crippen LogP contribution is 2.34. The standard InChI is InChI=1S/C13H22N4O2S/c1-4-7-16(10-5-6-10)12-14-15-13(17(12)9(2)3)20-8-11(18)19/h9-10H,4-8H2,1-3H3,(H,18,19). The van der Waals surface area contributed by atoms with Crippen molar-refractivity contribution in [3.63, 3.8) is 0 Å². The zero-order valence-electron chi connectivity index (χ0n) is 12.2. The minimum atomic E-state index is -0.831. The molecule has 0 radical (unpaired) electrons. The monoisotopic (exact) mass is 298 g/mol. The Balaban J connectivity index is 2.25. The first-order chi connectivity index (χ1) is 9.54. The zero-order chi connectivity index (χ0) is 14.7. The lowest BCUT2D eigenvalue weighted by atomic mass is 10.3. The van der Waals surface area contributed by atoms with Gasteiger partial charge in [-0.2, -0.15) is 0 Å². The third-order valence-corrected chi connectivity index (χ3v) is 4.12. The van der Waals surface area contributed by atoms with Crippen LogP contribution in [0.25, 0.3) is 0 Å². The molecule has 112 valence electrons. The number of carboxylic acid groups (broad SMARTS) is 1. The van der Waals surface area contributed by atoms with Gasteiger partial charge in [0.1, 0.15) is 0 Å². The quantitative estimate of drug-likeness (QED) is 0.743. The largest absolute Gasteiger partial charge is 0.481 e. The number of aliphatic carboxylic acids is 1. The molecule has 1 aliphatic rings. The summed E-state index contributed by atoms with van der Waals surface area (Å²) < 4.78 is 2.06. The summed E-state index contributed by atoms with van der Waals surface area (Å²) >= 11 is 1.24. The van der Waals surface area contributed by atoms with Gasteiger partial charge < -0.3 is 10.0 Å². The maximum atomic E-state index is 10.7. The molecule has 0 saturated heterocycles. The molecule has 1 aromatic heterocycles. The topological polar surface area (TPSA) is 71.2 Å². The number of carboxylic acids is 1. The second kappa shape index (κ2) is 6.47. The van der Waals surface area contributed by atoms with Crippen molar-refractivity contribution in [2.45, 2.75) is 57.3 Å². The van der Waals surface area contributed by atoms with Crippen LogP contribution < -0.4 is 4.90 Å². The molecule has 0 aromatic carbocycles. The van der Waals surface area contributed by atoms with Gasteiger partial charge in [-0.3, -0.25) is 9.36 Å². The van der Waals surface area contributed by atoms with Gasteiger partial charge in [-0.15, -0.1) is 10.2 Å². The Morgan fingerprint density at radius 1 is 1.50 bits per heavy atom. The lowest BCUT2D eigenvalue weighted by Crippen LogP contribution is -2.30. The summed E-state index contributed by atoms with van der Waals surface area (Å²) in [6.45, 7) is 7.29. The lowest BCUT2D eigenvalue weighted by Gasteiger charge is -2.25. The van der Waals surface area contributed by atoms with Crippen molar-refractivity contribution < 1.29 is 9.90 Å². The summed E-state index contributed by atoms with van der Waals surface area (Å²) in [5.41, 5.74) is 0. The first-order valence-corrected chi connectivity index (χ1v) is 8.09. The minimum absolute atomic E-state index is 0.0159. The second-order valence-electron chi connectivity index (χ2n) is 5.35. The zero-order valence-corrected chi connectivity index (χ0v) is 13.1. The van der Waals surface area contributed by atoms with Crippen LogP contribution in [0.15, 0.2) is 5.16 Å². The predicted molar refractivity (Wildman–Crippen MR) is 79.4 cm³/mol. The molecule has 0 bridgehead atoms. The average Bonchev–Trinajstić information content (AvgIpc) is 3.12. The summed E-state index contributed by atoms with van der Waals surface area (Å²) in [6, 6.07) is 0.795. The van der Waals surface area contributed by atoms with Crippen molar-refractivity contribution in [3.05, 3.63) is 0 Å². The first kappa shape index (κ1) is 15.2. The van der Waals surface area contributed by atoms with Gasteiger partial charge in [-0.1, -0.05) is 18.7 Å². The third-order valence-electron chi connectivity index (χ3n) is 3.20. The number of aromatic nitrogens is 3. The molecule has 2 rings (SSSR count). The summed E-state index contributed by atoms with van der Waals surface area (Å²) in [7, 11) is 0. The van der Waals surface area contributed by atoms with Crippen LogP contribution in [0.2, 0.25) is 0 Å². The SMILES string of the molecule is CCCN(c1nnc(SCC(=O)O)n1C(C)C)C1CC1. The molecule has 0 spiro atoms. The van der Waals surface area contributed by atoms with E-state index in [0.29, 0.717) is 11.2 Å². The molecule has 1 saturated carbocycles. The molecule has 20 heavy (non-hydrogen) atoms. The van der Waals surface area contributed by atoms with Crippen LogP contribution in [0, 0.1) is 0 Å². The maximum absolute atomic E-state index is 10.7. The highest BCUT2D eigenvalue weighted by molar-refractivity contribution is 7.99. The molecule has 1 N–H and O–H groups in total.